The fourth-order valence-corrected chi connectivity index (χ4v) is 0.806. The zero-order valence-corrected chi connectivity index (χ0v) is 7.23. The number of ether oxygens (including phenoxy) is 1. The topological polar surface area (TPSA) is 68.4 Å². The second-order valence-corrected chi connectivity index (χ2v) is 2.63. The molecule has 1 rings (SSSR count). The van der Waals surface area contributed by atoms with Crippen molar-refractivity contribution in [1.29, 1.82) is 0 Å². The van der Waals surface area contributed by atoms with Crippen molar-refractivity contribution in [3.63, 3.8) is 0 Å². The Balaban J connectivity index is 3.04. The van der Waals surface area contributed by atoms with Crippen LogP contribution in [0.2, 0.25) is 5.02 Å². The third kappa shape index (κ3) is 2.56. The van der Waals surface area contributed by atoms with Crippen molar-refractivity contribution in [3.05, 3.63) is 11.1 Å². The van der Waals surface area contributed by atoms with E-state index in [2.05, 4.69) is 9.72 Å². The number of hydrogen-bond acceptors (Lipinski definition) is 4. The van der Waals surface area contributed by atoms with Gasteiger partial charge in [0, 0.05) is 6.07 Å². The summed E-state index contributed by atoms with van der Waals surface area (Å²) in [6, 6.07) is 0.810. The van der Waals surface area contributed by atoms with Crippen LogP contribution in [0.5, 0.6) is 11.6 Å². The Morgan fingerprint density at radius 2 is 2.07 bits per heavy atom. The van der Waals surface area contributed by atoms with E-state index in [0.29, 0.717) is 0 Å². The van der Waals surface area contributed by atoms with E-state index >= 15 is 0 Å². The van der Waals surface area contributed by atoms with Crippen LogP contribution in [0.3, 0.4) is 0 Å². The Bertz CT molecular complexity index is 356. The predicted octanol–water partition coefficient (Wildman–Crippen LogP) is 1.92. The van der Waals surface area contributed by atoms with Crippen LogP contribution in [-0.4, -0.2) is 16.5 Å². The van der Waals surface area contributed by atoms with E-state index in [4.69, 9.17) is 22.4 Å². The average Bonchev–Trinajstić information content (AvgIpc) is 1.97. The maximum Gasteiger partial charge on any atom is 0.574 e. The first-order valence-electron chi connectivity index (χ1n) is 3.20. The summed E-state index contributed by atoms with van der Waals surface area (Å²) in [4.78, 5) is 3.11. The highest BCUT2D eigenvalue weighted by atomic mass is 35.5. The molecule has 0 spiro atoms. The Labute approximate surface area is 81.1 Å². The molecule has 14 heavy (non-hydrogen) atoms. The number of aromatic hydroxyl groups is 1. The van der Waals surface area contributed by atoms with Gasteiger partial charge in [0.2, 0.25) is 0 Å². The van der Waals surface area contributed by atoms with Crippen LogP contribution in [0.15, 0.2) is 6.07 Å². The zero-order valence-electron chi connectivity index (χ0n) is 6.47. The fraction of sp³-hybridized carbons (Fsp3) is 0.167. The van der Waals surface area contributed by atoms with Gasteiger partial charge in [-0.1, -0.05) is 11.6 Å². The SMILES string of the molecule is Nc1nc(OC(F)(F)F)c(O)cc1Cl. The maximum absolute atomic E-state index is 11.7. The lowest BCUT2D eigenvalue weighted by Crippen LogP contribution is -2.18. The number of rotatable bonds is 1. The molecule has 1 aromatic heterocycles. The summed E-state index contributed by atoms with van der Waals surface area (Å²) in [7, 11) is 0. The number of alkyl halides is 3. The second-order valence-electron chi connectivity index (χ2n) is 2.23. The quantitative estimate of drug-likeness (QED) is 0.771. The van der Waals surface area contributed by atoms with E-state index in [1.54, 1.807) is 0 Å². The lowest BCUT2D eigenvalue weighted by atomic mass is 10.4. The van der Waals surface area contributed by atoms with E-state index in [1.165, 1.54) is 0 Å². The molecule has 0 aliphatic carbocycles. The van der Waals surface area contributed by atoms with Crippen molar-refractivity contribution in [3.8, 4) is 11.6 Å². The summed E-state index contributed by atoms with van der Waals surface area (Å²) in [5, 5.41) is 8.80. The lowest BCUT2D eigenvalue weighted by molar-refractivity contribution is -0.276. The number of pyridine rings is 1. The first-order chi connectivity index (χ1) is 6.29. The second kappa shape index (κ2) is 3.41. The molecule has 0 saturated carbocycles. The molecule has 0 aliphatic rings. The largest absolute Gasteiger partial charge is 0.574 e. The van der Waals surface area contributed by atoms with E-state index < -0.39 is 18.0 Å². The zero-order chi connectivity index (χ0) is 10.9. The van der Waals surface area contributed by atoms with Crippen molar-refractivity contribution in [2.75, 3.05) is 5.73 Å². The number of anilines is 1. The Morgan fingerprint density at radius 1 is 1.50 bits per heavy atom. The predicted molar refractivity (Wildman–Crippen MR) is 42.0 cm³/mol. The molecule has 78 valence electrons. The van der Waals surface area contributed by atoms with E-state index in [9.17, 15) is 13.2 Å². The van der Waals surface area contributed by atoms with E-state index in [0.717, 1.165) is 6.07 Å². The highest BCUT2D eigenvalue weighted by Gasteiger charge is 2.33. The van der Waals surface area contributed by atoms with Crippen molar-refractivity contribution >= 4 is 17.4 Å². The highest BCUT2D eigenvalue weighted by Crippen LogP contribution is 2.33. The summed E-state index contributed by atoms with van der Waals surface area (Å²) in [5.41, 5.74) is 5.11. The molecule has 0 atom stereocenters. The highest BCUT2D eigenvalue weighted by molar-refractivity contribution is 6.32. The Hall–Kier alpha value is -1.37. The van der Waals surface area contributed by atoms with Gasteiger partial charge >= 0.3 is 6.36 Å². The molecule has 0 amide bonds. The molecular formula is C6H4ClF3N2O2. The van der Waals surface area contributed by atoms with Gasteiger partial charge in [0.25, 0.3) is 5.88 Å². The van der Waals surface area contributed by atoms with Crippen LogP contribution in [0.25, 0.3) is 0 Å². The molecule has 0 aromatic carbocycles. The number of hydrogen-bond donors (Lipinski definition) is 2. The minimum absolute atomic E-state index is 0.156. The van der Waals surface area contributed by atoms with Gasteiger partial charge < -0.3 is 15.6 Å². The van der Waals surface area contributed by atoms with Gasteiger partial charge in [-0.2, -0.15) is 4.98 Å². The molecular weight excluding hydrogens is 225 g/mol. The molecule has 0 unspecified atom stereocenters. The Morgan fingerprint density at radius 3 is 2.57 bits per heavy atom. The summed E-state index contributed by atoms with van der Waals surface area (Å²) in [6.45, 7) is 0. The van der Waals surface area contributed by atoms with Crippen LogP contribution < -0.4 is 10.5 Å². The van der Waals surface area contributed by atoms with E-state index in [1.807, 2.05) is 0 Å². The van der Waals surface area contributed by atoms with Crippen molar-refractivity contribution in [2.24, 2.45) is 0 Å². The van der Waals surface area contributed by atoms with Gasteiger partial charge in [0.05, 0.1) is 5.02 Å². The molecule has 3 N–H and O–H groups in total. The molecule has 0 aliphatic heterocycles. The fourth-order valence-electron chi connectivity index (χ4n) is 0.661. The van der Waals surface area contributed by atoms with Gasteiger partial charge in [0.1, 0.15) is 5.82 Å². The summed E-state index contributed by atoms with van der Waals surface area (Å²) in [5.74, 6) is -2.22. The number of nitrogen functional groups attached to an aromatic ring is 1. The van der Waals surface area contributed by atoms with Crippen LogP contribution in [-0.2, 0) is 0 Å². The number of aromatic nitrogens is 1. The first-order valence-corrected chi connectivity index (χ1v) is 3.58. The summed E-state index contributed by atoms with van der Waals surface area (Å²) >= 11 is 5.37. The normalized spacial score (nSPS) is 11.4. The molecule has 1 heterocycles. The third-order valence-corrected chi connectivity index (χ3v) is 1.46. The van der Waals surface area contributed by atoms with Crippen LogP contribution in [0, 0.1) is 0 Å². The molecule has 0 bridgehead atoms. The number of halogens is 4. The smallest absolute Gasteiger partial charge is 0.503 e. The maximum atomic E-state index is 11.7. The van der Waals surface area contributed by atoms with Gasteiger partial charge in [-0.15, -0.1) is 13.2 Å². The molecule has 0 saturated heterocycles. The molecule has 0 fully saturated rings. The Kier molecular flexibility index (Phi) is 2.61. The van der Waals surface area contributed by atoms with Gasteiger partial charge in [-0.25, -0.2) is 0 Å². The van der Waals surface area contributed by atoms with Crippen LogP contribution in [0.1, 0.15) is 0 Å². The third-order valence-electron chi connectivity index (χ3n) is 1.16. The lowest BCUT2D eigenvalue weighted by Gasteiger charge is -2.09. The van der Waals surface area contributed by atoms with Gasteiger partial charge in [-0.3, -0.25) is 0 Å². The van der Waals surface area contributed by atoms with Crippen LogP contribution in [0.4, 0.5) is 19.0 Å². The van der Waals surface area contributed by atoms with Gasteiger partial charge in [0.15, 0.2) is 5.75 Å². The first kappa shape index (κ1) is 10.7. The average molecular weight is 229 g/mol. The van der Waals surface area contributed by atoms with E-state index in [-0.39, 0.29) is 10.8 Å². The summed E-state index contributed by atoms with van der Waals surface area (Å²) in [6.07, 6.45) is -4.94. The monoisotopic (exact) mass is 228 g/mol. The van der Waals surface area contributed by atoms with Crippen molar-refractivity contribution < 1.29 is 23.0 Å². The molecule has 1 aromatic rings. The van der Waals surface area contributed by atoms with Crippen molar-refractivity contribution in [2.45, 2.75) is 6.36 Å². The summed E-state index contributed by atoms with van der Waals surface area (Å²) < 4.78 is 38.5. The minimum Gasteiger partial charge on any atom is -0.503 e. The molecule has 0 radical (unpaired) electrons. The standard InChI is InChI=1S/C6H4ClF3N2O2/c7-2-1-3(13)5(12-4(2)11)14-6(8,9)10/h1,13H,(H2,11,12). The van der Waals surface area contributed by atoms with Gasteiger partial charge in [-0.05, 0) is 0 Å². The molecule has 8 heteroatoms. The van der Waals surface area contributed by atoms with Crippen LogP contribution >= 0.6 is 11.6 Å². The minimum atomic E-state index is -4.94. The number of nitrogens with two attached hydrogens (primary N) is 1. The van der Waals surface area contributed by atoms with Crippen molar-refractivity contribution in [1.82, 2.24) is 4.98 Å². The molecule has 4 nitrogen and oxygen atoms in total. The number of nitrogens with zero attached hydrogens (tertiary/aromatic N) is 1.